The second-order valence-corrected chi connectivity index (χ2v) is 7.42. The van der Waals surface area contributed by atoms with Crippen molar-refractivity contribution in [2.45, 2.75) is 25.9 Å². The average molecular weight is 390 g/mol. The zero-order valence-electron chi connectivity index (χ0n) is 13.9. The number of hydrogen-bond acceptors (Lipinski definition) is 6. The minimum atomic E-state index is -0.236. The fraction of sp³-hybridized carbons (Fsp3) is 0.263. The number of nitrogens with zero attached hydrogens (tertiary/aromatic N) is 1. The molecule has 7 heteroatoms. The standard InChI is InChI=1S/C19H16ClNO4S/c20-13-8-12(9-15-19(13)25-11-24-15)10-23-18(22)7-3-6-17-21-14-4-1-2-5-16(14)26-17/h1-2,4-5,8-9H,3,6-7,10-11H2. The Labute approximate surface area is 159 Å². The molecule has 5 nitrogen and oxygen atoms in total. The van der Waals surface area contributed by atoms with Gasteiger partial charge in [-0.25, -0.2) is 4.98 Å². The molecule has 0 radical (unpaired) electrons. The Morgan fingerprint density at radius 1 is 1.27 bits per heavy atom. The second kappa shape index (κ2) is 7.51. The summed E-state index contributed by atoms with van der Waals surface area (Å²) in [5, 5.41) is 1.50. The summed E-state index contributed by atoms with van der Waals surface area (Å²) in [7, 11) is 0. The van der Waals surface area contributed by atoms with E-state index in [2.05, 4.69) is 11.1 Å². The van der Waals surface area contributed by atoms with Crippen molar-refractivity contribution in [3.63, 3.8) is 0 Å². The van der Waals surface area contributed by atoms with Crippen LogP contribution in [0.15, 0.2) is 36.4 Å². The highest BCUT2D eigenvalue weighted by atomic mass is 35.5. The third-order valence-electron chi connectivity index (χ3n) is 4.00. The van der Waals surface area contributed by atoms with Gasteiger partial charge in [0.2, 0.25) is 6.79 Å². The number of rotatable bonds is 6. The third-order valence-corrected chi connectivity index (χ3v) is 5.37. The van der Waals surface area contributed by atoms with Crippen LogP contribution in [0, 0.1) is 0 Å². The Morgan fingerprint density at radius 2 is 2.15 bits per heavy atom. The van der Waals surface area contributed by atoms with Crippen LogP contribution in [0.1, 0.15) is 23.4 Å². The van der Waals surface area contributed by atoms with E-state index < -0.39 is 0 Å². The molecule has 0 bridgehead atoms. The van der Waals surface area contributed by atoms with Crippen molar-refractivity contribution < 1.29 is 19.0 Å². The van der Waals surface area contributed by atoms with Gasteiger partial charge in [0.05, 0.1) is 20.2 Å². The molecule has 2 aromatic carbocycles. The summed E-state index contributed by atoms with van der Waals surface area (Å²) in [6, 6.07) is 11.5. The van der Waals surface area contributed by atoms with Crippen LogP contribution in [0.5, 0.6) is 11.5 Å². The predicted molar refractivity (Wildman–Crippen MR) is 99.9 cm³/mol. The lowest BCUT2D eigenvalue weighted by Gasteiger charge is -2.07. The molecule has 0 saturated carbocycles. The summed E-state index contributed by atoms with van der Waals surface area (Å²) >= 11 is 7.79. The first kappa shape index (κ1) is 17.1. The number of halogens is 1. The molecule has 0 amide bonds. The SMILES string of the molecule is O=C(CCCc1nc2ccccc2s1)OCc1cc(Cl)c2c(c1)OCO2. The number of carbonyl (C=O) groups excluding carboxylic acids is 1. The summed E-state index contributed by atoms with van der Waals surface area (Å²) in [4.78, 5) is 16.5. The zero-order chi connectivity index (χ0) is 17.9. The topological polar surface area (TPSA) is 57.7 Å². The van der Waals surface area contributed by atoms with Gasteiger partial charge in [-0.3, -0.25) is 4.79 Å². The van der Waals surface area contributed by atoms with Gasteiger partial charge >= 0.3 is 5.97 Å². The number of thiazole rings is 1. The van der Waals surface area contributed by atoms with Crippen LogP contribution in [0.4, 0.5) is 0 Å². The van der Waals surface area contributed by atoms with Crippen LogP contribution >= 0.6 is 22.9 Å². The lowest BCUT2D eigenvalue weighted by Crippen LogP contribution is -2.05. The molecule has 0 aliphatic carbocycles. The number of benzene rings is 2. The van der Waals surface area contributed by atoms with Crippen molar-refractivity contribution >= 4 is 39.1 Å². The quantitative estimate of drug-likeness (QED) is 0.569. The van der Waals surface area contributed by atoms with Crippen LogP contribution < -0.4 is 9.47 Å². The number of esters is 1. The van der Waals surface area contributed by atoms with Crippen molar-refractivity contribution in [3.05, 3.63) is 52.0 Å². The minimum Gasteiger partial charge on any atom is -0.461 e. The highest BCUT2D eigenvalue weighted by Crippen LogP contribution is 2.39. The van der Waals surface area contributed by atoms with Crippen molar-refractivity contribution in [1.29, 1.82) is 0 Å². The molecule has 0 spiro atoms. The summed E-state index contributed by atoms with van der Waals surface area (Å²) in [6.45, 7) is 0.320. The van der Waals surface area contributed by atoms with E-state index in [0.717, 1.165) is 22.5 Å². The molecule has 2 heterocycles. The molecule has 134 valence electrons. The molecule has 0 fully saturated rings. The van der Waals surface area contributed by atoms with E-state index in [9.17, 15) is 4.79 Å². The van der Waals surface area contributed by atoms with E-state index >= 15 is 0 Å². The lowest BCUT2D eigenvalue weighted by molar-refractivity contribution is -0.145. The van der Waals surface area contributed by atoms with Gasteiger partial charge in [0.1, 0.15) is 6.61 Å². The third kappa shape index (κ3) is 3.76. The minimum absolute atomic E-state index is 0.157. The maximum absolute atomic E-state index is 12.0. The second-order valence-electron chi connectivity index (χ2n) is 5.90. The van der Waals surface area contributed by atoms with Crippen LogP contribution in [0.25, 0.3) is 10.2 Å². The summed E-state index contributed by atoms with van der Waals surface area (Å²) in [5.41, 5.74) is 1.79. The Morgan fingerprint density at radius 3 is 3.04 bits per heavy atom. The summed E-state index contributed by atoms with van der Waals surface area (Å²) in [6.07, 6.45) is 1.83. The molecule has 0 N–H and O–H groups in total. The van der Waals surface area contributed by atoms with Crippen molar-refractivity contribution in [3.8, 4) is 11.5 Å². The van der Waals surface area contributed by atoms with Gasteiger partial charge in [0.25, 0.3) is 0 Å². The number of fused-ring (bicyclic) bond motifs is 2. The van der Waals surface area contributed by atoms with Gasteiger partial charge in [0, 0.05) is 6.42 Å². The van der Waals surface area contributed by atoms with Crippen molar-refractivity contribution in [2.24, 2.45) is 0 Å². The maximum Gasteiger partial charge on any atom is 0.306 e. The van der Waals surface area contributed by atoms with E-state index in [-0.39, 0.29) is 19.4 Å². The van der Waals surface area contributed by atoms with E-state index in [1.807, 2.05) is 18.2 Å². The molecule has 3 aromatic rings. The van der Waals surface area contributed by atoms with Gasteiger partial charge in [-0.05, 0) is 42.7 Å². The van der Waals surface area contributed by atoms with Gasteiger partial charge in [-0.2, -0.15) is 0 Å². The molecular weight excluding hydrogens is 374 g/mol. The number of hydrogen-bond donors (Lipinski definition) is 0. The molecular formula is C19H16ClNO4S. The fourth-order valence-electron chi connectivity index (χ4n) is 2.75. The zero-order valence-corrected chi connectivity index (χ0v) is 15.4. The number of carbonyl (C=O) groups is 1. The van der Waals surface area contributed by atoms with E-state index in [0.29, 0.717) is 29.4 Å². The van der Waals surface area contributed by atoms with Gasteiger partial charge in [0.15, 0.2) is 11.5 Å². The first-order chi connectivity index (χ1) is 12.7. The molecule has 1 aromatic heterocycles. The molecule has 4 rings (SSSR count). The number of ether oxygens (including phenoxy) is 3. The van der Waals surface area contributed by atoms with E-state index in [1.54, 1.807) is 23.5 Å². The van der Waals surface area contributed by atoms with Crippen LogP contribution in [0.3, 0.4) is 0 Å². The van der Waals surface area contributed by atoms with Crippen LogP contribution in [-0.2, 0) is 22.6 Å². The lowest BCUT2D eigenvalue weighted by atomic mass is 10.2. The van der Waals surface area contributed by atoms with Crippen molar-refractivity contribution in [1.82, 2.24) is 4.98 Å². The fourth-order valence-corrected chi connectivity index (χ4v) is 4.05. The van der Waals surface area contributed by atoms with Crippen LogP contribution in [-0.4, -0.2) is 17.7 Å². The van der Waals surface area contributed by atoms with Gasteiger partial charge in [-0.1, -0.05) is 23.7 Å². The highest BCUT2D eigenvalue weighted by molar-refractivity contribution is 7.18. The highest BCUT2D eigenvalue weighted by Gasteiger charge is 2.18. The summed E-state index contributed by atoms with van der Waals surface area (Å²) < 4.78 is 17.1. The van der Waals surface area contributed by atoms with Gasteiger partial charge in [-0.15, -0.1) is 11.3 Å². The van der Waals surface area contributed by atoms with Gasteiger partial charge < -0.3 is 14.2 Å². The number of para-hydroxylation sites is 1. The maximum atomic E-state index is 12.0. The molecule has 0 atom stereocenters. The molecule has 26 heavy (non-hydrogen) atoms. The van der Waals surface area contributed by atoms with E-state index in [1.165, 1.54) is 4.70 Å². The first-order valence-corrected chi connectivity index (χ1v) is 9.46. The van der Waals surface area contributed by atoms with E-state index in [4.69, 9.17) is 25.8 Å². The summed E-state index contributed by atoms with van der Waals surface area (Å²) in [5.74, 6) is 0.886. The molecule has 0 saturated heterocycles. The number of aryl methyl sites for hydroxylation is 1. The largest absolute Gasteiger partial charge is 0.461 e. The smallest absolute Gasteiger partial charge is 0.306 e. The van der Waals surface area contributed by atoms with Crippen molar-refractivity contribution in [2.75, 3.05) is 6.79 Å². The first-order valence-electron chi connectivity index (χ1n) is 8.27. The van der Waals surface area contributed by atoms with Crippen LogP contribution in [0.2, 0.25) is 5.02 Å². The Hall–Kier alpha value is -2.31. The predicted octanol–water partition coefficient (Wildman–Crippen LogP) is 4.74. The molecule has 1 aliphatic heterocycles. The molecule has 1 aliphatic rings. The average Bonchev–Trinajstić information content (AvgIpc) is 3.26. The number of aromatic nitrogens is 1. The normalized spacial score (nSPS) is 12.5. The monoisotopic (exact) mass is 389 g/mol. The Kier molecular flexibility index (Phi) is 4.95. The molecule has 0 unspecified atom stereocenters. The Balaban J connectivity index is 1.26. The Bertz CT molecular complexity index is 923.